The first-order chi connectivity index (χ1) is 12.6. The molecule has 0 aliphatic carbocycles. The Hall–Kier alpha value is -2.88. The number of nitrogens with one attached hydrogen (secondary N) is 2. The molecule has 2 aromatic heterocycles. The number of hydrogen-bond acceptors (Lipinski definition) is 9. The van der Waals surface area contributed by atoms with Crippen molar-refractivity contribution in [3.63, 3.8) is 0 Å². The van der Waals surface area contributed by atoms with E-state index < -0.39 is 5.91 Å². The molecule has 2 N–H and O–H groups in total. The van der Waals surface area contributed by atoms with E-state index in [-0.39, 0.29) is 29.2 Å². The Kier molecular flexibility index (Phi) is 5.52. The van der Waals surface area contributed by atoms with E-state index in [1.165, 1.54) is 26.9 Å². The van der Waals surface area contributed by atoms with Crippen LogP contribution in [0.3, 0.4) is 0 Å². The van der Waals surface area contributed by atoms with E-state index in [0.717, 1.165) is 25.9 Å². The molecule has 0 atom stereocenters. The second kappa shape index (κ2) is 8.00. The normalized spacial score (nSPS) is 15.5. The summed E-state index contributed by atoms with van der Waals surface area (Å²) >= 11 is 0. The van der Waals surface area contributed by atoms with Crippen LogP contribution in [0, 0.1) is 0 Å². The quantitative estimate of drug-likeness (QED) is 0.783. The summed E-state index contributed by atoms with van der Waals surface area (Å²) in [4.78, 5) is 27.0. The number of methoxy groups -OCH3 is 2. The first-order valence-corrected chi connectivity index (χ1v) is 8.25. The molecule has 0 saturated carbocycles. The molecular formula is C16H22N6O4. The number of carbonyl (C=O) groups excluding carboxylic acids is 1. The van der Waals surface area contributed by atoms with Crippen molar-refractivity contribution in [2.24, 2.45) is 0 Å². The van der Waals surface area contributed by atoms with E-state index in [1.807, 2.05) is 0 Å². The molecule has 140 valence electrons. The van der Waals surface area contributed by atoms with E-state index in [1.54, 1.807) is 0 Å². The molecule has 1 amide bonds. The van der Waals surface area contributed by atoms with Gasteiger partial charge in [-0.3, -0.25) is 4.79 Å². The number of carbonyl (C=O) groups is 1. The zero-order valence-electron chi connectivity index (χ0n) is 15.0. The number of rotatable bonds is 6. The number of oxazole rings is 1. The van der Waals surface area contributed by atoms with E-state index in [4.69, 9.17) is 13.9 Å². The maximum Gasteiger partial charge on any atom is 0.277 e. The van der Waals surface area contributed by atoms with Gasteiger partial charge in [-0.1, -0.05) is 0 Å². The van der Waals surface area contributed by atoms with Crippen LogP contribution in [0.5, 0.6) is 11.8 Å². The summed E-state index contributed by atoms with van der Waals surface area (Å²) < 4.78 is 15.4. The maximum absolute atomic E-state index is 12.2. The maximum atomic E-state index is 12.2. The molecule has 3 heterocycles. The fraction of sp³-hybridized carbons (Fsp3) is 0.500. The zero-order chi connectivity index (χ0) is 18.5. The Balaban J connectivity index is 1.80. The summed E-state index contributed by atoms with van der Waals surface area (Å²) in [6.45, 7) is 2.02. The molecule has 2 aromatic rings. The first kappa shape index (κ1) is 17.9. The molecule has 10 nitrogen and oxygen atoms in total. The molecule has 0 bridgehead atoms. The average Bonchev–Trinajstić information content (AvgIpc) is 3.19. The van der Waals surface area contributed by atoms with Crippen LogP contribution in [0.15, 0.2) is 17.1 Å². The predicted molar refractivity (Wildman–Crippen MR) is 93.7 cm³/mol. The highest BCUT2D eigenvalue weighted by Gasteiger charge is 2.22. The second-order valence-corrected chi connectivity index (χ2v) is 5.99. The molecule has 0 radical (unpaired) electrons. The van der Waals surface area contributed by atoms with Gasteiger partial charge in [-0.15, -0.1) is 0 Å². The largest absolute Gasteiger partial charge is 0.479 e. The van der Waals surface area contributed by atoms with Gasteiger partial charge in [0.1, 0.15) is 6.26 Å². The third-order valence-electron chi connectivity index (χ3n) is 4.18. The third kappa shape index (κ3) is 4.02. The van der Waals surface area contributed by atoms with Crippen molar-refractivity contribution in [3.8, 4) is 11.8 Å². The number of piperidine rings is 1. The highest BCUT2D eigenvalue weighted by atomic mass is 16.5. The van der Waals surface area contributed by atoms with Crippen LogP contribution in [-0.4, -0.2) is 66.2 Å². The Morgan fingerprint density at radius 3 is 2.42 bits per heavy atom. The number of anilines is 2. The molecule has 10 heteroatoms. The molecular weight excluding hydrogens is 340 g/mol. The predicted octanol–water partition coefficient (Wildman–Crippen LogP) is 1.24. The van der Waals surface area contributed by atoms with Crippen molar-refractivity contribution in [1.29, 1.82) is 0 Å². The molecule has 0 aromatic carbocycles. The Morgan fingerprint density at radius 1 is 1.23 bits per heavy atom. The van der Waals surface area contributed by atoms with Crippen molar-refractivity contribution < 1.29 is 18.7 Å². The number of nitrogens with zero attached hydrogens (tertiary/aromatic N) is 4. The smallest absolute Gasteiger partial charge is 0.277 e. The van der Waals surface area contributed by atoms with Crippen LogP contribution in [0.4, 0.5) is 11.6 Å². The van der Waals surface area contributed by atoms with E-state index in [2.05, 4.69) is 37.5 Å². The standard InChI is InChI=1S/C16H22N6O4/c1-22-6-4-10(5-7-22)18-16-20-14(24-2)12(15(21-16)25-3)19-13(23)11-8-26-9-17-11/h8-10H,4-7H2,1-3H3,(H,19,23)(H,18,20,21). The van der Waals surface area contributed by atoms with Crippen LogP contribution >= 0.6 is 0 Å². The van der Waals surface area contributed by atoms with Gasteiger partial charge in [0.2, 0.25) is 17.7 Å². The fourth-order valence-electron chi connectivity index (χ4n) is 2.73. The molecule has 0 unspecified atom stereocenters. The van der Waals surface area contributed by atoms with Gasteiger partial charge < -0.3 is 29.4 Å². The van der Waals surface area contributed by atoms with Crippen molar-refractivity contribution in [2.75, 3.05) is 45.0 Å². The SMILES string of the molecule is COc1nc(NC2CCN(C)CC2)nc(OC)c1NC(=O)c1cocn1. The highest BCUT2D eigenvalue weighted by Crippen LogP contribution is 2.33. The lowest BCUT2D eigenvalue weighted by Crippen LogP contribution is -2.37. The number of likely N-dealkylation sites (tertiary alicyclic amines) is 1. The molecule has 26 heavy (non-hydrogen) atoms. The minimum atomic E-state index is -0.477. The van der Waals surface area contributed by atoms with Gasteiger partial charge in [-0.25, -0.2) is 4.98 Å². The summed E-state index contributed by atoms with van der Waals surface area (Å²) in [6.07, 6.45) is 4.41. The first-order valence-electron chi connectivity index (χ1n) is 8.25. The summed E-state index contributed by atoms with van der Waals surface area (Å²) in [5.41, 5.74) is 0.361. The van der Waals surface area contributed by atoms with Gasteiger partial charge in [0.25, 0.3) is 5.91 Å². The van der Waals surface area contributed by atoms with Gasteiger partial charge >= 0.3 is 0 Å². The zero-order valence-corrected chi connectivity index (χ0v) is 15.0. The minimum absolute atomic E-state index is 0.127. The van der Waals surface area contributed by atoms with Gasteiger partial charge in [-0.2, -0.15) is 9.97 Å². The average molecular weight is 362 g/mol. The lowest BCUT2D eigenvalue weighted by molar-refractivity contribution is 0.102. The van der Waals surface area contributed by atoms with Gasteiger partial charge in [-0.05, 0) is 33.0 Å². The van der Waals surface area contributed by atoms with Crippen molar-refractivity contribution in [2.45, 2.75) is 18.9 Å². The summed E-state index contributed by atoms with van der Waals surface area (Å²) in [7, 11) is 5.03. The van der Waals surface area contributed by atoms with Crippen LogP contribution in [0.1, 0.15) is 23.3 Å². The van der Waals surface area contributed by atoms with Gasteiger partial charge in [0.05, 0.1) is 14.2 Å². The van der Waals surface area contributed by atoms with E-state index >= 15 is 0 Å². The molecule has 1 aliphatic heterocycles. The van der Waals surface area contributed by atoms with Crippen LogP contribution in [0.25, 0.3) is 0 Å². The van der Waals surface area contributed by atoms with Gasteiger partial charge in [0.15, 0.2) is 17.8 Å². The molecule has 1 aliphatic rings. The lowest BCUT2D eigenvalue weighted by Gasteiger charge is -2.29. The molecule has 3 rings (SSSR count). The molecule has 1 saturated heterocycles. The van der Waals surface area contributed by atoms with Crippen LogP contribution in [0.2, 0.25) is 0 Å². The van der Waals surface area contributed by atoms with E-state index in [0.29, 0.717) is 5.95 Å². The van der Waals surface area contributed by atoms with E-state index in [9.17, 15) is 4.79 Å². The summed E-state index contributed by atoms with van der Waals surface area (Å²) in [5, 5.41) is 5.96. The highest BCUT2D eigenvalue weighted by molar-refractivity contribution is 6.04. The minimum Gasteiger partial charge on any atom is -0.479 e. The topological polar surface area (TPSA) is 115 Å². The van der Waals surface area contributed by atoms with Gasteiger partial charge in [0, 0.05) is 6.04 Å². The third-order valence-corrected chi connectivity index (χ3v) is 4.18. The fourth-order valence-corrected chi connectivity index (χ4v) is 2.73. The Bertz CT molecular complexity index is 718. The van der Waals surface area contributed by atoms with Crippen molar-refractivity contribution in [3.05, 3.63) is 18.4 Å². The van der Waals surface area contributed by atoms with Crippen LogP contribution < -0.4 is 20.1 Å². The molecule has 1 fully saturated rings. The number of amides is 1. The monoisotopic (exact) mass is 362 g/mol. The van der Waals surface area contributed by atoms with Crippen LogP contribution in [-0.2, 0) is 0 Å². The van der Waals surface area contributed by atoms with Crippen molar-refractivity contribution >= 4 is 17.5 Å². The Labute approximate surface area is 150 Å². The second-order valence-electron chi connectivity index (χ2n) is 5.99. The summed E-state index contributed by atoms with van der Waals surface area (Å²) in [6, 6.07) is 0.274. The number of ether oxygens (including phenoxy) is 2. The lowest BCUT2D eigenvalue weighted by atomic mass is 10.1. The molecule has 0 spiro atoms. The Morgan fingerprint density at radius 2 is 1.88 bits per heavy atom. The number of aromatic nitrogens is 3. The summed E-state index contributed by atoms with van der Waals surface area (Å²) in [5.74, 6) is 0.316. The van der Waals surface area contributed by atoms with Crippen molar-refractivity contribution in [1.82, 2.24) is 19.9 Å². The number of hydrogen-bond donors (Lipinski definition) is 2.